The highest BCUT2D eigenvalue weighted by molar-refractivity contribution is 7.98. The number of nitrogens with one attached hydrogen (secondary N) is 1. The van der Waals surface area contributed by atoms with Crippen LogP contribution in [0.1, 0.15) is 29.7 Å². The normalized spacial score (nSPS) is 12.4. The van der Waals surface area contributed by atoms with Crippen LogP contribution < -0.4 is 5.32 Å². The first kappa shape index (κ1) is 15.1. The average molecular weight is 289 g/mol. The van der Waals surface area contributed by atoms with E-state index in [-0.39, 0.29) is 5.82 Å². The maximum atomic E-state index is 13.1. The molecule has 0 radical (unpaired) electrons. The smallest absolute Gasteiger partial charge is 0.123 e. The number of halogens is 1. The van der Waals surface area contributed by atoms with Crippen molar-refractivity contribution in [2.45, 2.75) is 30.5 Å². The predicted octanol–water partition coefficient (Wildman–Crippen LogP) is 4.71. The van der Waals surface area contributed by atoms with E-state index >= 15 is 0 Å². The van der Waals surface area contributed by atoms with E-state index in [1.807, 2.05) is 20.0 Å². The maximum Gasteiger partial charge on any atom is 0.123 e. The molecular weight excluding hydrogens is 269 g/mol. The highest BCUT2D eigenvalue weighted by Gasteiger charge is 2.04. The summed E-state index contributed by atoms with van der Waals surface area (Å²) in [6.07, 6.45) is 0. The van der Waals surface area contributed by atoms with Crippen molar-refractivity contribution < 1.29 is 4.39 Å². The molecule has 2 rings (SSSR count). The predicted molar refractivity (Wildman–Crippen MR) is 84.6 cm³/mol. The zero-order valence-corrected chi connectivity index (χ0v) is 12.9. The first-order valence-electron chi connectivity index (χ1n) is 6.75. The van der Waals surface area contributed by atoms with Crippen LogP contribution in [-0.2, 0) is 5.75 Å². The number of thioether (sulfide) groups is 1. The molecule has 1 N–H and O–H groups in total. The number of benzene rings is 2. The summed E-state index contributed by atoms with van der Waals surface area (Å²) in [4.78, 5) is 1.24. The van der Waals surface area contributed by atoms with Gasteiger partial charge in [-0.2, -0.15) is 0 Å². The van der Waals surface area contributed by atoms with Crippen molar-refractivity contribution in [2.75, 3.05) is 7.05 Å². The quantitative estimate of drug-likeness (QED) is 0.800. The minimum absolute atomic E-state index is 0.165. The zero-order valence-electron chi connectivity index (χ0n) is 12.1. The second kappa shape index (κ2) is 6.91. The number of rotatable bonds is 5. The van der Waals surface area contributed by atoms with Gasteiger partial charge >= 0.3 is 0 Å². The van der Waals surface area contributed by atoms with Crippen molar-refractivity contribution in [3.63, 3.8) is 0 Å². The van der Waals surface area contributed by atoms with Gasteiger partial charge in [0.25, 0.3) is 0 Å². The third-order valence-corrected chi connectivity index (χ3v) is 4.57. The van der Waals surface area contributed by atoms with E-state index in [1.165, 1.54) is 22.1 Å². The van der Waals surface area contributed by atoms with E-state index in [9.17, 15) is 4.39 Å². The third kappa shape index (κ3) is 3.84. The van der Waals surface area contributed by atoms with Crippen molar-refractivity contribution in [3.05, 3.63) is 65.0 Å². The summed E-state index contributed by atoms with van der Waals surface area (Å²) < 4.78 is 13.1. The van der Waals surface area contributed by atoms with Crippen LogP contribution in [0, 0.1) is 12.7 Å². The fourth-order valence-corrected chi connectivity index (χ4v) is 2.98. The van der Waals surface area contributed by atoms with E-state index in [1.54, 1.807) is 17.8 Å². The van der Waals surface area contributed by atoms with Crippen LogP contribution in [0.25, 0.3) is 0 Å². The Labute approximate surface area is 124 Å². The molecule has 3 heteroatoms. The summed E-state index contributed by atoms with van der Waals surface area (Å²) in [6, 6.07) is 14.0. The van der Waals surface area contributed by atoms with Crippen molar-refractivity contribution in [2.24, 2.45) is 0 Å². The lowest BCUT2D eigenvalue weighted by atomic mass is 10.1. The van der Waals surface area contributed by atoms with E-state index < -0.39 is 0 Å². The Kier molecular flexibility index (Phi) is 5.21. The lowest BCUT2D eigenvalue weighted by molar-refractivity contribution is 0.626. The molecule has 0 bridgehead atoms. The highest BCUT2D eigenvalue weighted by atomic mass is 32.2. The summed E-state index contributed by atoms with van der Waals surface area (Å²) in [7, 11) is 1.96. The molecule has 0 aliphatic rings. The summed E-state index contributed by atoms with van der Waals surface area (Å²) in [6.45, 7) is 4.10. The Morgan fingerprint density at radius 2 is 1.85 bits per heavy atom. The zero-order chi connectivity index (χ0) is 14.5. The van der Waals surface area contributed by atoms with Gasteiger partial charge in [-0.1, -0.05) is 18.2 Å². The van der Waals surface area contributed by atoms with Crippen molar-refractivity contribution in [1.29, 1.82) is 0 Å². The molecule has 106 valence electrons. The van der Waals surface area contributed by atoms with E-state index in [0.29, 0.717) is 6.04 Å². The first-order chi connectivity index (χ1) is 9.60. The van der Waals surface area contributed by atoms with Crippen molar-refractivity contribution in [3.8, 4) is 0 Å². The lowest BCUT2D eigenvalue weighted by Crippen LogP contribution is -2.11. The topological polar surface area (TPSA) is 12.0 Å². The second-order valence-corrected chi connectivity index (χ2v) is 5.99. The Balaban J connectivity index is 2.00. The Morgan fingerprint density at radius 1 is 1.15 bits per heavy atom. The Morgan fingerprint density at radius 3 is 2.45 bits per heavy atom. The fraction of sp³-hybridized carbons (Fsp3) is 0.294. The molecule has 0 amide bonds. The van der Waals surface area contributed by atoms with E-state index in [0.717, 1.165) is 11.3 Å². The van der Waals surface area contributed by atoms with Gasteiger partial charge in [-0.15, -0.1) is 11.8 Å². The van der Waals surface area contributed by atoms with Gasteiger partial charge < -0.3 is 5.32 Å². The summed E-state index contributed by atoms with van der Waals surface area (Å²) in [5.41, 5.74) is 3.48. The van der Waals surface area contributed by atoms with Gasteiger partial charge in [0.05, 0.1) is 0 Å². The second-order valence-electron chi connectivity index (χ2n) is 4.94. The molecule has 2 aromatic rings. The molecule has 20 heavy (non-hydrogen) atoms. The molecule has 0 fully saturated rings. The van der Waals surface area contributed by atoms with Crippen molar-refractivity contribution >= 4 is 11.8 Å². The van der Waals surface area contributed by atoms with Gasteiger partial charge in [-0.3, -0.25) is 0 Å². The standard InChI is InChI=1S/C17H20FNS/c1-12-10-16(18)7-4-15(12)11-20-17-8-5-14(6-9-17)13(2)19-3/h4-10,13,19H,11H2,1-3H3. The highest BCUT2D eigenvalue weighted by Crippen LogP contribution is 2.26. The minimum atomic E-state index is -0.165. The van der Waals surface area contributed by atoms with Gasteiger partial charge in [-0.05, 0) is 61.9 Å². The molecule has 0 aliphatic carbocycles. The van der Waals surface area contributed by atoms with Crippen LogP contribution in [0.5, 0.6) is 0 Å². The third-order valence-electron chi connectivity index (χ3n) is 3.51. The number of hydrogen-bond donors (Lipinski definition) is 1. The number of hydrogen-bond acceptors (Lipinski definition) is 2. The molecule has 0 aliphatic heterocycles. The first-order valence-corrected chi connectivity index (χ1v) is 7.74. The summed E-state index contributed by atoms with van der Waals surface area (Å²) in [5.74, 6) is 0.703. The maximum absolute atomic E-state index is 13.1. The van der Waals surface area contributed by atoms with Gasteiger partial charge in [-0.25, -0.2) is 4.39 Å². The van der Waals surface area contributed by atoms with Crippen LogP contribution >= 0.6 is 11.8 Å². The lowest BCUT2D eigenvalue weighted by Gasteiger charge is -2.11. The SMILES string of the molecule is CNC(C)c1ccc(SCc2ccc(F)cc2C)cc1. The Bertz CT molecular complexity index is 566. The number of aryl methyl sites for hydroxylation is 1. The van der Waals surface area contributed by atoms with Gasteiger partial charge in [0.15, 0.2) is 0 Å². The van der Waals surface area contributed by atoms with Gasteiger partial charge in [0.2, 0.25) is 0 Å². The van der Waals surface area contributed by atoms with E-state index in [2.05, 4.69) is 36.5 Å². The van der Waals surface area contributed by atoms with Crippen LogP contribution in [0.15, 0.2) is 47.4 Å². The fourth-order valence-electron chi connectivity index (χ4n) is 2.00. The van der Waals surface area contributed by atoms with Crippen LogP contribution in [0.3, 0.4) is 0 Å². The Hall–Kier alpha value is -1.32. The molecule has 0 saturated carbocycles. The van der Waals surface area contributed by atoms with Crippen LogP contribution in [0.2, 0.25) is 0 Å². The molecule has 0 heterocycles. The van der Waals surface area contributed by atoms with Gasteiger partial charge in [0.1, 0.15) is 5.82 Å². The van der Waals surface area contributed by atoms with Crippen LogP contribution in [-0.4, -0.2) is 7.05 Å². The van der Waals surface area contributed by atoms with Crippen molar-refractivity contribution in [1.82, 2.24) is 5.32 Å². The molecule has 0 spiro atoms. The largest absolute Gasteiger partial charge is 0.313 e. The monoisotopic (exact) mass is 289 g/mol. The molecule has 1 nitrogen and oxygen atoms in total. The summed E-state index contributed by atoms with van der Waals surface area (Å²) >= 11 is 1.78. The average Bonchev–Trinajstić information content (AvgIpc) is 2.46. The molecular formula is C17H20FNS. The molecule has 2 aromatic carbocycles. The molecule has 0 aromatic heterocycles. The van der Waals surface area contributed by atoms with Crippen LogP contribution in [0.4, 0.5) is 4.39 Å². The van der Waals surface area contributed by atoms with Gasteiger partial charge in [0, 0.05) is 16.7 Å². The van der Waals surface area contributed by atoms with E-state index in [4.69, 9.17) is 0 Å². The molecule has 1 unspecified atom stereocenters. The molecule has 1 atom stereocenters. The summed E-state index contributed by atoms with van der Waals surface area (Å²) in [5, 5.41) is 3.23. The molecule has 0 saturated heterocycles. The minimum Gasteiger partial charge on any atom is -0.313 e.